The lowest BCUT2D eigenvalue weighted by Gasteiger charge is -2.31. The number of likely N-dealkylation sites (tertiary alicyclic amines) is 1. The summed E-state index contributed by atoms with van der Waals surface area (Å²) in [5.41, 5.74) is 1.81. The molecule has 1 aromatic rings. The Morgan fingerprint density at radius 3 is 2.83 bits per heavy atom. The molecule has 3 rings (SSSR count). The molecule has 1 fully saturated rings. The van der Waals surface area contributed by atoms with Crippen molar-refractivity contribution in [3.05, 3.63) is 29.3 Å². The van der Waals surface area contributed by atoms with E-state index in [1.165, 1.54) is 0 Å². The molecule has 2 heterocycles. The van der Waals surface area contributed by atoms with E-state index < -0.39 is 0 Å². The topological polar surface area (TPSA) is 70.7 Å². The smallest absolute Gasteiger partial charge is 0.251 e. The molecule has 124 valence electrons. The zero-order valence-corrected chi connectivity index (χ0v) is 13.4. The molecule has 0 unspecified atom stereocenters. The number of rotatable bonds is 4. The van der Waals surface area contributed by atoms with Crippen LogP contribution in [0.1, 0.15) is 28.8 Å². The fraction of sp³-hybridized carbons (Fsp3) is 0.529. The largest absolute Gasteiger partial charge is 0.493 e. The maximum Gasteiger partial charge on any atom is 0.251 e. The van der Waals surface area contributed by atoms with Crippen molar-refractivity contribution in [1.29, 1.82) is 0 Å². The lowest BCUT2D eigenvalue weighted by atomic mass is 10.0. The van der Waals surface area contributed by atoms with Crippen molar-refractivity contribution in [2.45, 2.75) is 25.3 Å². The van der Waals surface area contributed by atoms with Gasteiger partial charge in [0.2, 0.25) is 5.91 Å². The van der Waals surface area contributed by atoms with Gasteiger partial charge in [0.1, 0.15) is 5.75 Å². The Bertz CT molecular complexity index is 595. The molecule has 0 spiro atoms. The van der Waals surface area contributed by atoms with Gasteiger partial charge in [-0.15, -0.1) is 0 Å². The molecule has 2 amide bonds. The van der Waals surface area contributed by atoms with Gasteiger partial charge in [0.25, 0.3) is 5.91 Å². The first-order valence-electron chi connectivity index (χ1n) is 8.15. The molecule has 2 aliphatic rings. The van der Waals surface area contributed by atoms with Crippen molar-refractivity contribution in [2.75, 3.05) is 33.3 Å². The van der Waals surface area contributed by atoms with Crippen LogP contribution < -0.4 is 15.4 Å². The molecule has 2 aliphatic heterocycles. The molecule has 1 saturated heterocycles. The third-order valence-electron chi connectivity index (χ3n) is 4.52. The molecular weight excluding hydrogens is 294 g/mol. The molecule has 0 aromatic heterocycles. The molecule has 0 atom stereocenters. The van der Waals surface area contributed by atoms with Crippen molar-refractivity contribution >= 4 is 11.8 Å². The minimum Gasteiger partial charge on any atom is -0.493 e. The molecule has 0 aliphatic carbocycles. The predicted molar refractivity (Wildman–Crippen MR) is 86.6 cm³/mol. The molecular formula is C17H23N3O3. The highest BCUT2D eigenvalue weighted by Gasteiger charge is 2.23. The van der Waals surface area contributed by atoms with Crippen LogP contribution in [0.4, 0.5) is 0 Å². The summed E-state index contributed by atoms with van der Waals surface area (Å²) < 4.78 is 5.47. The number of piperidine rings is 1. The first-order chi connectivity index (χ1) is 11.2. The number of carbonyl (C=O) groups excluding carboxylic acids is 2. The lowest BCUT2D eigenvalue weighted by molar-refractivity contribution is -0.122. The van der Waals surface area contributed by atoms with E-state index in [2.05, 4.69) is 15.5 Å². The monoisotopic (exact) mass is 317 g/mol. The van der Waals surface area contributed by atoms with Crippen molar-refractivity contribution in [1.82, 2.24) is 15.5 Å². The Morgan fingerprint density at radius 1 is 1.30 bits per heavy atom. The summed E-state index contributed by atoms with van der Waals surface area (Å²) in [7, 11) is 1.65. The maximum absolute atomic E-state index is 12.4. The summed E-state index contributed by atoms with van der Waals surface area (Å²) in [5.74, 6) is 0.904. The van der Waals surface area contributed by atoms with Gasteiger partial charge in [0, 0.05) is 38.2 Å². The number of hydrogen-bond donors (Lipinski definition) is 2. The third kappa shape index (κ3) is 3.82. The standard InChI is InChI=1S/C17H23N3O3/c1-18-16(21)11-20-7-4-14(5-8-20)19-17(22)13-2-3-15-12(10-13)6-9-23-15/h2-3,10,14H,4-9,11H2,1H3,(H,18,21)(H,19,22). The Balaban J connectivity index is 1.50. The quantitative estimate of drug-likeness (QED) is 0.851. The van der Waals surface area contributed by atoms with Crippen LogP contribution in [0.15, 0.2) is 18.2 Å². The van der Waals surface area contributed by atoms with E-state index in [0.717, 1.165) is 43.7 Å². The number of amides is 2. The van der Waals surface area contributed by atoms with E-state index >= 15 is 0 Å². The fourth-order valence-corrected chi connectivity index (χ4v) is 3.11. The van der Waals surface area contributed by atoms with Crippen molar-refractivity contribution in [3.63, 3.8) is 0 Å². The zero-order valence-electron chi connectivity index (χ0n) is 13.4. The van der Waals surface area contributed by atoms with Gasteiger partial charge in [-0.3, -0.25) is 14.5 Å². The first kappa shape index (κ1) is 15.8. The Labute approximate surface area is 136 Å². The fourth-order valence-electron chi connectivity index (χ4n) is 3.11. The second kappa shape index (κ2) is 7.00. The molecule has 6 heteroatoms. The van der Waals surface area contributed by atoms with E-state index in [9.17, 15) is 9.59 Å². The van der Waals surface area contributed by atoms with Crippen molar-refractivity contribution in [3.8, 4) is 5.75 Å². The van der Waals surface area contributed by atoms with Crippen LogP contribution in [0.2, 0.25) is 0 Å². The van der Waals surface area contributed by atoms with E-state index in [1.54, 1.807) is 7.05 Å². The van der Waals surface area contributed by atoms with Gasteiger partial charge in [-0.2, -0.15) is 0 Å². The summed E-state index contributed by atoms with van der Waals surface area (Å²) in [5, 5.41) is 5.74. The summed E-state index contributed by atoms with van der Waals surface area (Å²) >= 11 is 0. The predicted octanol–water partition coefficient (Wildman–Crippen LogP) is 0.562. The number of carbonyl (C=O) groups is 2. The van der Waals surface area contributed by atoms with Crippen LogP contribution in [-0.2, 0) is 11.2 Å². The molecule has 0 bridgehead atoms. The third-order valence-corrected chi connectivity index (χ3v) is 4.52. The number of fused-ring (bicyclic) bond motifs is 1. The van der Waals surface area contributed by atoms with Crippen LogP contribution in [0, 0.1) is 0 Å². The molecule has 1 aromatic carbocycles. The van der Waals surface area contributed by atoms with Gasteiger partial charge in [-0.25, -0.2) is 0 Å². The van der Waals surface area contributed by atoms with Crippen LogP contribution in [-0.4, -0.2) is 56.0 Å². The molecule has 23 heavy (non-hydrogen) atoms. The van der Waals surface area contributed by atoms with Crippen LogP contribution >= 0.6 is 0 Å². The summed E-state index contributed by atoms with van der Waals surface area (Å²) in [4.78, 5) is 25.9. The van der Waals surface area contributed by atoms with Gasteiger partial charge in [-0.1, -0.05) is 0 Å². The van der Waals surface area contributed by atoms with Crippen LogP contribution in [0.25, 0.3) is 0 Å². The van der Waals surface area contributed by atoms with E-state index in [-0.39, 0.29) is 17.9 Å². The van der Waals surface area contributed by atoms with Crippen LogP contribution in [0.3, 0.4) is 0 Å². The Morgan fingerprint density at radius 2 is 2.09 bits per heavy atom. The maximum atomic E-state index is 12.4. The number of likely N-dealkylation sites (N-methyl/N-ethyl adjacent to an activating group) is 1. The second-order valence-electron chi connectivity index (χ2n) is 6.12. The normalized spacial score (nSPS) is 18.1. The Kier molecular flexibility index (Phi) is 4.81. The highest BCUT2D eigenvalue weighted by Crippen LogP contribution is 2.26. The van der Waals surface area contributed by atoms with Gasteiger partial charge < -0.3 is 15.4 Å². The second-order valence-corrected chi connectivity index (χ2v) is 6.12. The molecule has 0 saturated carbocycles. The van der Waals surface area contributed by atoms with Gasteiger partial charge in [0.15, 0.2) is 0 Å². The summed E-state index contributed by atoms with van der Waals surface area (Å²) in [6.07, 6.45) is 2.61. The van der Waals surface area contributed by atoms with Crippen LogP contribution in [0.5, 0.6) is 5.75 Å². The molecule has 6 nitrogen and oxygen atoms in total. The lowest BCUT2D eigenvalue weighted by Crippen LogP contribution is -2.47. The number of nitrogens with zero attached hydrogens (tertiary/aromatic N) is 1. The van der Waals surface area contributed by atoms with Gasteiger partial charge in [0.05, 0.1) is 13.2 Å². The number of ether oxygens (including phenoxy) is 1. The van der Waals surface area contributed by atoms with Gasteiger partial charge >= 0.3 is 0 Å². The highest BCUT2D eigenvalue weighted by molar-refractivity contribution is 5.94. The average Bonchev–Trinajstić information content (AvgIpc) is 3.04. The molecule has 2 N–H and O–H groups in total. The summed E-state index contributed by atoms with van der Waals surface area (Å²) in [6, 6.07) is 5.80. The SMILES string of the molecule is CNC(=O)CN1CCC(NC(=O)c2ccc3c(c2)CCO3)CC1. The average molecular weight is 317 g/mol. The first-order valence-corrected chi connectivity index (χ1v) is 8.15. The van der Waals surface area contributed by atoms with E-state index in [4.69, 9.17) is 4.74 Å². The number of nitrogens with one attached hydrogen (secondary N) is 2. The van der Waals surface area contributed by atoms with E-state index in [0.29, 0.717) is 18.7 Å². The highest BCUT2D eigenvalue weighted by atomic mass is 16.5. The minimum absolute atomic E-state index is 0.0237. The zero-order chi connectivity index (χ0) is 16.2. The minimum atomic E-state index is -0.0237. The van der Waals surface area contributed by atoms with Crippen molar-refractivity contribution < 1.29 is 14.3 Å². The van der Waals surface area contributed by atoms with Gasteiger partial charge in [-0.05, 0) is 36.6 Å². The Hall–Kier alpha value is -2.08. The van der Waals surface area contributed by atoms with E-state index in [1.807, 2.05) is 18.2 Å². The van der Waals surface area contributed by atoms with Crippen molar-refractivity contribution in [2.24, 2.45) is 0 Å². The number of benzene rings is 1. The summed E-state index contributed by atoms with van der Waals surface area (Å²) in [6.45, 7) is 2.79. The number of hydrogen-bond acceptors (Lipinski definition) is 4. The molecule has 0 radical (unpaired) electrons.